The molecule has 0 aliphatic heterocycles. The highest BCUT2D eigenvalue weighted by Gasteiger charge is 2.09. The summed E-state index contributed by atoms with van der Waals surface area (Å²) in [7, 11) is 1.75. The van der Waals surface area contributed by atoms with Crippen molar-refractivity contribution in [3.63, 3.8) is 0 Å². The maximum absolute atomic E-state index is 12.3. The Morgan fingerprint density at radius 2 is 1.88 bits per heavy atom. The average molecular weight is 341 g/mol. The number of nitrogens with one attached hydrogen (secondary N) is 1. The number of aryl methyl sites for hydroxylation is 1. The Hall–Kier alpha value is -2.28. The minimum absolute atomic E-state index is 0.0207. The van der Waals surface area contributed by atoms with Gasteiger partial charge in [-0.3, -0.25) is 9.00 Å². The second-order valence-electron chi connectivity index (χ2n) is 5.58. The molecule has 1 N–H and O–H groups in total. The lowest BCUT2D eigenvalue weighted by Crippen LogP contribution is -2.19. The molecule has 0 aliphatic carbocycles. The van der Waals surface area contributed by atoms with Gasteiger partial charge in [0.2, 0.25) is 0 Å². The summed E-state index contributed by atoms with van der Waals surface area (Å²) in [5.41, 5.74) is 2.99. The van der Waals surface area contributed by atoms with Crippen molar-refractivity contribution in [3.8, 4) is 11.1 Å². The molecule has 0 saturated heterocycles. The molecule has 124 valence electrons. The molecule has 0 aliphatic rings. The molecule has 0 bridgehead atoms. The fourth-order valence-electron chi connectivity index (χ4n) is 2.82. The zero-order valence-corrected chi connectivity index (χ0v) is 14.0. The minimum atomic E-state index is -2.24. The molecular formula is C18H17N2O3S-. The first-order chi connectivity index (χ1) is 11.6. The highest BCUT2D eigenvalue weighted by Crippen LogP contribution is 2.27. The van der Waals surface area contributed by atoms with E-state index in [9.17, 15) is 13.6 Å². The zero-order chi connectivity index (χ0) is 17.1. The molecule has 1 heterocycles. The number of hydrogen-bond donors (Lipinski definition) is 1. The van der Waals surface area contributed by atoms with Crippen LogP contribution in [0, 0.1) is 0 Å². The summed E-state index contributed by atoms with van der Waals surface area (Å²) in [6.45, 7) is 0.355. The normalized spacial score (nSPS) is 12.4. The van der Waals surface area contributed by atoms with Gasteiger partial charge in [-0.15, -0.1) is 0 Å². The van der Waals surface area contributed by atoms with Gasteiger partial charge in [-0.05, 0) is 29.0 Å². The quantitative estimate of drug-likeness (QED) is 0.723. The molecule has 0 fully saturated rings. The Morgan fingerprint density at radius 1 is 1.12 bits per heavy atom. The van der Waals surface area contributed by atoms with Gasteiger partial charge in [0.15, 0.2) is 0 Å². The van der Waals surface area contributed by atoms with Gasteiger partial charge < -0.3 is 9.12 Å². The van der Waals surface area contributed by atoms with E-state index in [0.29, 0.717) is 18.4 Å². The Labute approximate surface area is 142 Å². The molecule has 2 aromatic carbocycles. The number of rotatable bonds is 5. The Kier molecular flexibility index (Phi) is 4.89. The Morgan fingerprint density at radius 3 is 2.62 bits per heavy atom. The second kappa shape index (κ2) is 7.09. The first kappa shape index (κ1) is 16.6. The van der Waals surface area contributed by atoms with Crippen LogP contribution in [0.15, 0.2) is 59.5 Å². The maximum Gasteiger partial charge on any atom is 0.258 e. The van der Waals surface area contributed by atoms with Crippen LogP contribution < -0.4 is 10.3 Å². The molecule has 0 amide bonds. The van der Waals surface area contributed by atoms with Gasteiger partial charge in [0.25, 0.3) is 5.56 Å². The fourth-order valence-corrected chi connectivity index (χ4v) is 3.09. The van der Waals surface area contributed by atoms with Gasteiger partial charge >= 0.3 is 0 Å². The van der Waals surface area contributed by atoms with Crippen LogP contribution in [-0.4, -0.2) is 19.9 Å². The lowest BCUT2D eigenvalue weighted by Gasteiger charge is -2.11. The van der Waals surface area contributed by atoms with Crippen LogP contribution in [0.2, 0.25) is 0 Å². The first-order valence-corrected chi connectivity index (χ1v) is 8.64. The van der Waals surface area contributed by atoms with Gasteiger partial charge in [0, 0.05) is 42.0 Å². The zero-order valence-electron chi connectivity index (χ0n) is 13.2. The number of pyridine rings is 1. The lowest BCUT2D eigenvalue weighted by molar-refractivity contribution is 0.523. The van der Waals surface area contributed by atoms with Crippen LogP contribution in [0.4, 0.5) is 0 Å². The van der Waals surface area contributed by atoms with E-state index < -0.39 is 11.3 Å². The van der Waals surface area contributed by atoms with E-state index in [0.717, 1.165) is 22.1 Å². The largest absolute Gasteiger partial charge is 0.760 e. The molecule has 1 atom stereocenters. The van der Waals surface area contributed by atoms with E-state index in [1.807, 2.05) is 54.7 Å². The number of benzene rings is 2. The van der Waals surface area contributed by atoms with Gasteiger partial charge in [-0.25, -0.2) is 4.72 Å². The maximum atomic E-state index is 12.3. The smallest absolute Gasteiger partial charge is 0.258 e. The van der Waals surface area contributed by atoms with E-state index in [1.54, 1.807) is 11.6 Å². The first-order valence-electron chi connectivity index (χ1n) is 7.57. The predicted octanol–water partition coefficient (Wildman–Crippen LogP) is 2.13. The van der Waals surface area contributed by atoms with Gasteiger partial charge in [-0.1, -0.05) is 42.5 Å². The van der Waals surface area contributed by atoms with Crippen molar-refractivity contribution in [3.05, 3.63) is 70.6 Å². The third-order valence-corrected chi connectivity index (χ3v) is 4.40. The van der Waals surface area contributed by atoms with Crippen LogP contribution in [0.1, 0.15) is 5.56 Å². The van der Waals surface area contributed by atoms with Crippen LogP contribution in [0.3, 0.4) is 0 Å². The fraction of sp³-hybridized carbons (Fsp3) is 0.167. The summed E-state index contributed by atoms with van der Waals surface area (Å²) < 4.78 is 25.1. The van der Waals surface area contributed by atoms with Crippen LogP contribution in [0.5, 0.6) is 0 Å². The Bertz CT molecular complexity index is 966. The van der Waals surface area contributed by atoms with Gasteiger partial charge in [-0.2, -0.15) is 0 Å². The van der Waals surface area contributed by atoms with E-state index in [2.05, 4.69) is 4.72 Å². The highest BCUT2D eigenvalue weighted by molar-refractivity contribution is 7.77. The monoisotopic (exact) mass is 341 g/mol. The van der Waals surface area contributed by atoms with Crippen molar-refractivity contribution < 1.29 is 8.76 Å². The minimum Gasteiger partial charge on any atom is -0.760 e. The van der Waals surface area contributed by atoms with Crippen molar-refractivity contribution in [2.45, 2.75) is 6.42 Å². The molecule has 3 rings (SSSR count). The lowest BCUT2D eigenvalue weighted by atomic mass is 9.98. The van der Waals surface area contributed by atoms with Crippen molar-refractivity contribution in [2.75, 3.05) is 6.54 Å². The number of aromatic nitrogens is 1. The summed E-state index contributed by atoms with van der Waals surface area (Å²) in [4.78, 5) is 12.3. The standard InChI is InChI=1S/C18H18N2O3S/c1-20-12-17(15-7-2-3-8-16(15)18(20)21)14-6-4-5-13(11-14)9-10-19-24(22)23/h2-8,11-12,19H,9-10H2,1H3,(H,22,23)/p-1. The van der Waals surface area contributed by atoms with Gasteiger partial charge in [0.1, 0.15) is 0 Å². The SMILES string of the molecule is Cn1cc(-c2cccc(CCNS(=O)[O-])c2)c2ccccc2c1=O. The summed E-state index contributed by atoms with van der Waals surface area (Å²) >= 11 is -2.24. The molecule has 0 saturated carbocycles. The number of hydrogen-bond acceptors (Lipinski definition) is 3. The van der Waals surface area contributed by atoms with Crippen LogP contribution >= 0.6 is 0 Å². The third kappa shape index (κ3) is 3.46. The van der Waals surface area contributed by atoms with Crippen molar-refractivity contribution in [2.24, 2.45) is 7.05 Å². The molecule has 24 heavy (non-hydrogen) atoms. The molecule has 6 heteroatoms. The second-order valence-corrected chi connectivity index (χ2v) is 6.34. The van der Waals surface area contributed by atoms with E-state index in [1.165, 1.54) is 0 Å². The molecule has 3 aromatic rings. The van der Waals surface area contributed by atoms with E-state index in [4.69, 9.17) is 0 Å². The topological polar surface area (TPSA) is 74.2 Å². The molecule has 0 spiro atoms. The third-order valence-electron chi connectivity index (χ3n) is 3.96. The molecule has 5 nitrogen and oxygen atoms in total. The number of nitrogens with zero attached hydrogens (tertiary/aromatic N) is 1. The Balaban J connectivity index is 2.03. The van der Waals surface area contributed by atoms with Crippen molar-refractivity contribution >= 4 is 22.0 Å². The number of fused-ring (bicyclic) bond motifs is 1. The highest BCUT2D eigenvalue weighted by atomic mass is 32.2. The van der Waals surface area contributed by atoms with E-state index >= 15 is 0 Å². The predicted molar refractivity (Wildman–Crippen MR) is 95.3 cm³/mol. The summed E-state index contributed by atoms with van der Waals surface area (Å²) in [5.74, 6) is 0. The molecule has 1 unspecified atom stereocenters. The summed E-state index contributed by atoms with van der Waals surface area (Å²) in [5, 5.41) is 1.60. The molecular weight excluding hydrogens is 324 g/mol. The van der Waals surface area contributed by atoms with Crippen molar-refractivity contribution in [1.82, 2.24) is 9.29 Å². The van der Waals surface area contributed by atoms with Crippen LogP contribution in [0.25, 0.3) is 21.9 Å². The molecule has 1 aromatic heterocycles. The van der Waals surface area contributed by atoms with Crippen LogP contribution in [-0.2, 0) is 24.7 Å². The summed E-state index contributed by atoms with van der Waals surface area (Å²) in [6, 6.07) is 15.5. The van der Waals surface area contributed by atoms with Crippen molar-refractivity contribution in [1.29, 1.82) is 0 Å². The molecule has 0 radical (unpaired) electrons. The average Bonchev–Trinajstić information content (AvgIpc) is 2.58. The van der Waals surface area contributed by atoms with Gasteiger partial charge in [0.05, 0.1) is 0 Å². The van der Waals surface area contributed by atoms with E-state index in [-0.39, 0.29) is 5.56 Å². The summed E-state index contributed by atoms with van der Waals surface area (Å²) in [6.07, 6.45) is 2.44.